The van der Waals surface area contributed by atoms with Gasteiger partial charge in [0.25, 0.3) is 0 Å². The van der Waals surface area contributed by atoms with Crippen LogP contribution in [0.4, 0.5) is 11.6 Å². The zero-order valence-electron chi connectivity index (χ0n) is 11.3. The molecular weight excluding hydrogens is 274 g/mol. The van der Waals surface area contributed by atoms with E-state index >= 15 is 0 Å². The summed E-state index contributed by atoms with van der Waals surface area (Å²) in [6, 6.07) is 5.22. The van der Waals surface area contributed by atoms with Crippen molar-refractivity contribution in [1.82, 2.24) is 9.97 Å². The Balaban J connectivity index is 2.43. The molecule has 1 aromatic heterocycles. The standard InChI is InChI=1S/C14H13N3O4/c1-7-3-8(2)16-14(15-7)17-11-5-9(12(18)19)4-10(6-11)13(20)21/h3-6H,1-2H3,(H,18,19)(H,20,21)(H,15,16,17)/p-2. The van der Waals surface area contributed by atoms with Crippen molar-refractivity contribution in [3.63, 3.8) is 0 Å². The van der Waals surface area contributed by atoms with Crippen molar-refractivity contribution in [3.05, 3.63) is 46.8 Å². The molecule has 0 unspecified atom stereocenters. The number of hydrogen-bond donors (Lipinski definition) is 1. The molecule has 0 aliphatic rings. The minimum absolute atomic E-state index is 0.223. The van der Waals surface area contributed by atoms with Gasteiger partial charge >= 0.3 is 0 Å². The van der Waals surface area contributed by atoms with Crippen molar-refractivity contribution in [2.45, 2.75) is 13.8 Å². The van der Waals surface area contributed by atoms with Gasteiger partial charge in [-0.1, -0.05) is 0 Å². The lowest BCUT2D eigenvalue weighted by atomic mass is 10.1. The number of carboxylic acid groups (broad SMARTS) is 2. The molecule has 108 valence electrons. The number of aromatic nitrogens is 2. The molecule has 2 rings (SSSR count). The Morgan fingerprint density at radius 2 is 1.38 bits per heavy atom. The first-order chi connectivity index (χ1) is 9.85. The molecule has 1 aromatic carbocycles. The summed E-state index contributed by atoms with van der Waals surface area (Å²) in [6.07, 6.45) is 0. The molecule has 0 fully saturated rings. The van der Waals surface area contributed by atoms with Gasteiger partial charge in [-0.05, 0) is 49.2 Å². The Bertz CT molecular complexity index is 676. The number of nitrogens with one attached hydrogen (secondary N) is 1. The number of nitrogens with zero attached hydrogens (tertiary/aromatic N) is 2. The van der Waals surface area contributed by atoms with E-state index in [1.54, 1.807) is 19.9 Å². The van der Waals surface area contributed by atoms with Gasteiger partial charge in [0, 0.05) is 17.1 Å². The SMILES string of the molecule is Cc1cc(C)nc(Nc2cc(C(=O)[O-])cc(C(=O)[O-])c2)n1. The maximum Gasteiger partial charge on any atom is 0.227 e. The average Bonchev–Trinajstić information content (AvgIpc) is 2.36. The molecule has 1 heterocycles. The first kappa shape index (κ1) is 14.4. The van der Waals surface area contributed by atoms with Crippen LogP contribution in [0, 0.1) is 13.8 Å². The summed E-state index contributed by atoms with van der Waals surface area (Å²) in [5.74, 6) is -2.72. The van der Waals surface area contributed by atoms with Crippen molar-refractivity contribution in [3.8, 4) is 0 Å². The Morgan fingerprint density at radius 1 is 0.905 bits per heavy atom. The van der Waals surface area contributed by atoms with Crippen LogP contribution in [0.15, 0.2) is 24.3 Å². The first-order valence-corrected chi connectivity index (χ1v) is 6.02. The van der Waals surface area contributed by atoms with E-state index in [-0.39, 0.29) is 22.8 Å². The van der Waals surface area contributed by atoms with Crippen LogP contribution >= 0.6 is 0 Å². The van der Waals surface area contributed by atoms with Crippen molar-refractivity contribution >= 4 is 23.6 Å². The van der Waals surface area contributed by atoms with E-state index in [4.69, 9.17) is 0 Å². The van der Waals surface area contributed by atoms with Gasteiger partial charge in [-0.2, -0.15) is 0 Å². The third-order valence-corrected chi connectivity index (χ3v) is 2.64. The van der Waals surface area contributed by atoms with E-state index in [0.717, 1.165) is 17.5 Å². The maximum atomic E-state index is 10.9. The predicted molar refractivity (Wildman–Crippen MR) is 69.9 cm³/mol. The Morgan fingerprint density at radius 3 is 1.81 bits per heavy atom. The molecule has 7 heteroatoms. The lowest BCUT2D eigenvalue weighted by Crippen LogP contribution is -2.25. The second kappa shape index (κ2) is 5.58. The molecule has 0 bridgehead atoms. The maximum absolute atomic E-state index is 10.9. The topological polar surface area (TPSA) is 118 Å². The largest absolute Gasteiger partial charge is 0.545 e. The first-order valence-electron chi connectivity index (χ1n) is 6.02. The number of anilines is 2. The van der Waals surface area contributed by atoms with Crippen LogP contribution < -0.4 is 15.5 Å². The number of aryl methyl sites for hydroxylation is 2. The fourth-order valence-corrected chi connectivity index (χ4v) is 1.85. The van der Waals surface area contributed by atoms with Crippen molar-refractivity contribution in [2.24, 2.45) is 0 Å². The predicted octanol–water partition coefficient (Wildman–Crippen LogP) is -0.436. The summed E-state index contributed by atoms with van der Waals surface area (Å²) < 4.78 is 0. The van der Waals surface area contributed by atoms with Gasteiger partial charge in [0.15, 0.2) is 0 Å². The minimum Gasteiger partial charge on any atom is -0.545 e. The highest BCUT2D eigenvalue weighted by Gasteiger charge is 2.06. The second-order valence-electron chi connectivity index (χ2n) is 4.47. The summed E-state index contributed by atoms with van der Waals surface area (Å²) in [5, 5.41) is 24.6. The lowest BCUT2D eigenvalue weighted by Gasteiger charge is -2.12. The van der Waals surface area contributed by atoms with Crippen LogP contribution in [0.1, 0.15) is 32.1 Å². The number of carboxylic acids is 2. The molecule has 0 spiro atoms. The molecule has 2 aromatic rings. The molecule has 0 aliphatic carbocycles. The van der Waals surface area contributed by atoms with Gasteiger partial charge in [0.2, 0.25) is 5.95 Å². The van der Waals surface area contributed by atoms with E-state index in [1.807, 2.05) is 0 Å². The Kier molecular flexibility index (Phi) is 3.84. The second-order valence-corrected chi connectivity index (χ2v) is 4.47. The van der Waals surface area contributed by atoms with Gasteiger partial charge in [-0.3, -0.25) is 0 Å². The summed E-state index contributed by atoms with van der Waals surface area (Å²) in [4.78, 5) is 30.1. The third kappa shape index (κ3) is 3.53. The molecular formula is C14H11N3O4-2. The van der Waals surface area contributed by atoms with Crippen LogP contribution in [0.25, 0.3) is 0 Å². The van der Waals surface area contributed by atoms with Crippen LogP contribution in [0.2, 0.25) is 0 Å². The van der Waals surface area contributed by atoms with E-state index in [0.29, 0.717) is 0 Å². The highest BCUT2D eigenvalue weighted by molar-refractivity contribution is 5.94. The van der Waals surface area contributed by atoms with Crippen molar-refractivity contribution in [1.29, 1.82) is 0 Å². The zero-order chi connectivity index (χ0) is 15.6. The zero-order valence-corrected chi connectivity index (χ0v) is 11.3. The molecule has 1 N–H and O–H groups in total. The molecule has 0 radical (unpaired) electrons. The Labute approximate surface area is 120 Å². The molecule has 21 heavy (non-hydrogen) atoms. The number of hydrogen-bond acceptors (Lipinski definition) is 7. The molecule has 0 amide bonds. The lowest BCUT2D eigenvalue weighted by molar-refractivity contribution is -0.255. The summed E-state index contributed by atoms with van der Waals surface area (Å²) in [5.41, 5.74) is 1.12. The number of benzene rings is 1. The van der Waals surface area contributed by atoms with Crippen LogP contribution in [-0.4, -0.2) is 21.9 Å². The monoisotopic (exact) mass is 285 g/mol. The number of aromatic carboxylic acids is 2. The van der Waals surface area contributed by atoms with Gasteiger partial charge in [-0.15, -0.1) is 0 Å². The van der Waals surface area contributed by atoms with Crippen LogP contribution in [0.3, 0.4) is 0 Å². The fraction of sp³-hybridized carbons (Fsp3) is 0.143. The average molecular weight is 285 g/mol. The van der Waals surface area contributed by atoms with E-state index < -0.39 is 11.9 Å². The van der Waals surface area contributed by atoms with Crippen LogP contribution in [-0.2, 0) is 0 Å². The fourth-order valence-electron chi connectivity index (χ4n) is 1.85. The van der Waals surface area contributed by atoms with E-state index in [1.165, 1.54) is 12.1 Å². The normalized spacial score (nSPS) is 10.2. The number of rotatable bonds is 4. The summed E-state index contributed by atoms with van der Waals surface area (Å²) in [6.45, 7) is 3.56. The molecule has 0 atom stereocenters. The molecule has 0 saturated heterocycles. The van der Waals surface area contributed by atoms with Crippen molar-refractivity contribution in [2.75, 3.05) is 5.32 Å². The number of carbonyl (C=O) groups excluding carboxylic acids is 2. The summed E-state index contributed by atoms with van der Waals surface area (Å²) in [7, 11) is 0. The van der Waals surface area contributed by atoms with E-state index in [2.05, 4.69) is 15.3 Å². The smallest absolute Gasteiger partial charge is 0.227 e. The van der Waals surface area contributed by atoms with Gasteiger partial charge < -0.3 is 25.1 Å². The third-order valence-electron chi connectivity index (χ3n) is 2.64. The number of carbonyl (C=O) groups is 2. The molecule has 0 saturated carbocycles. The van der Waals surface area contributed by atoms with Crippen molar-refractivity contribution < 1.29 is 19.8 Å². The van der Waals surface area contributed by atoms with Gasteiger partial charge in [-0.25, -0.2) is 9.97 Å². The highest BCUT2D eigenvalue weighted by atomic mass is 16.4. The quantitative estimate of drug-likeness (QED) is 0.809. The highest BCUT2D eigenvalue weighted by Crippen LogP contribution is 2.18. The molecule has 0 aliphatic heterocycles. The van der Waals surface area contributed by atoms with Crippen LogP contribution in [0.5, 0.6) is 0 Å². The minimum atomic E-state index is -1.48. The summed E-state index contributed by atoms with van der Waals surface area (Å²) >= 11 is 0. The van der Waals surface area contributed by atoms with Gasteiger partial charge in [0.1, 0.15) is 0 Å². The van der Waals surface area contributed by atoms with Gasteiger partial charge in [0.05, 0.1) is 11.9 Å². The Hall–Kier alpha value is -2.96. The van der Waals surface area contributed by atoms with E-state index in [9.17, 15) is 19.8 Å². The molecule has 7 nitrogen and oxygen atoms in total.